The van der Waals surface area contributed by atoms with E-state index in [1.165, 1.54) is 12.1 Å². The Morgan fingerprint density at radius 2 is 1.58 bits per heavy atom. The number of hydrogen-bond donors (Lipinski definition) is 7. The quantitative estimate of drug-likeness (QED) is 0.0612. The molecule has 226 valence electrons. The van der Waals surface area contributed by atoms with Gasteiger partial charge < -0.3 is 58.8 Å². The minimum absolute atomic E-state index is 0.0247. The molecule has 0 spiro atoms. The number of aliphatic hydroxyl groups is 3. The minimum atomic E-state index is -1.95. The number of benzene rings is 2. The Morgan fingerprint density at radius 1 is 0.884 bits per heavy atom. The van der Waals surface area contributed by atoms with E-state index in [0.29, 0.717) is 0 Å². The lowest BCUT2D eigenvalue weighted by molar-refractivity contribution is -0.278. The molecule has 2 aromatic carbocycles. The Morgan fingerprint density at radius 3 is 2.23 bits per heavy atom. The molecule has 5 rings (SSSR count). The zero-order chi connectivity index (χ0) is 31.2. The zero-order valence-electron chi connectivity index (χ0n) is 21.6. The summed E-state index contributed by atoms with van der Waals surface area (Å²) < 4.78 is 27.7. The normalized spacial score (nSPS) is 22.0. The number of carbonyl (C=O) groups is 3. The molecule has 16 nitrogen and oxygen atoms in total. The molecule has 0 aliphatic carbocycles. The Kier molecular flexibility index (Phi) is 7.68. The molecule has 1 saturated heterocycles. The second-order valence-corrected chi connectivity index (χ2v) is 9.50. The number of hydrogen-bond acceptors (Lipinski definition) is 13. The van der Waals surface area contributed by atoms with Crippen molar-refractivity contribution < 1.29 is 78.0 Å². The largest absolute Gasteiger partial charge is 0.504 e. The van der Waals surface area contributed by atoms with Gasteiger partial charge in [0.2, 0.25) is 12.1 Å². The number of esters is 1. The van der Waals surface area contributed by atoms with Crippen molar-refractivity contribution in [3.05, 3.63) is 47.6 Å². The minimum Gasteiger partial charge on any atom is -0.504 e. The van der Waals surface area contributed by atoms with E-state index < -0.39 is 78.9 Å². The van der Waals surface area contributed by atoms with E-state index in [9.17, 15) is 49.8 Å². The Bertz CT molecular complexity index is 1800. The third kappa shape index (κ3) is 5.67. The Balaban J connectivity index is 1.65. The average Bonchev–Trinajstić information content (AvgIpc) is 2.94. The van der Waals surface area contributed by atoms with E-state index in [2.05, 4.69) is 0 Å². The SMILES string of the molecule is O=C(O)CC(=O)OC[C@H]1O[C@@H](Oc2c(-c3ccc(O)c(O)c3)oc3cc(=[OH+])cc4oc(C(=O)O)cc2c43)[C@H](O)[C@@H](O)[C@@H]1O. The molecule has 0 bridgehead atoms. The number of aliphatic carboxylic acids is 1. The molecule has 0 unspecified atom stereocenters. The number of aromatic carboxylic acids is 1. The van der Waals surface area contributed by atoms with Gasteiger partial charge in [-0.15, -0.1) is 0 Å². The number of carboxylic acid groups (broad SMARTS) is 2. The van der Waals surface area contributed by atoms with Gasteiger partial charge in [-0.25, -0.2) is 4.79 Å². The van der Waals surface area contributed by atoms with Crippen LogP contribution in [0.4, 0.5) is 0 Å². The van der Waals surface area contributed by atoms with E-state index in [1.807, 2.05) is 0 Å². The molecule has 3 heterocycles. The zero-order valence-corrected chi connectivity index (χ0v) is 21.6. The number of rotatable bonds is 8. The number of phenolic OH excluding ortho intramolecular Hbond substituents is 2. The van der Waals surface area contributed by atoms with Crippen LogP contribution in [0.5, 0.6) is 17.2 Å². The highest BCUT2D eigenvalue weighted by Gasteiger charge is 2.46. The van der Waals surface area contributed by atoms with Crippen LogP contribution in [0.3, 0.4) is 0 Å². The first-order valence-electron chi connectivity index (χ1n) is 12.4. The maximum Gasteiger partial charge on any atom is 0.371 e. The van der Waals surface area contributed by atoms with Crippen molar-refractivity contribution >= 4 is 39.8 Å². The molecule has 1 aliphatic rings. The summed E-state index contributed by atoms with van der Waals surface area (Å²) in [7, 11) is 0. The smallest absolute Gasteiger partial charge is 0.371 e. The van der Waals surface area contributed by atoms with E-state index in [4.69, 9.17) is 28.2 Å². The Hall–Kier alpha value is -5.16. The van der Waals surface area contributed by atoms with E-state index >= 15 is 0 Å². The fourth-order valence-electron chi connectivity index (χ4n) is 4.51. The van der Waals surface area contributed by atoms with Gasteiger partial charge in [-0.1, -0.05) is 0 Å². The monoisotopic (exact) mass is 603 g/mol. The number of aromatic hydroxyl groups is 2. The summed E-state index contributed by atoms with van der Waals surface area (Å²) in [5.41, 5.74) is -0.498. The second-order valence-electron chi connectivity index (χ2n) is 9.50. The fraction of sp³-hybridized carbons (Fsp3) is 0.259. The van der Waals surface area contributed by atoms with Crippen LogP contribution in [0.25, 0.3) is 33.3 Å². The van der Waals surface area contributed by atoms with Crippen LogP contribution in [0.15, 0.2) is 45.2 Å². The second kappa shape index (κ2) is 11.3. The summed E-state index contributed by atoms with van der Waals surface area (Å²) in [4.78, 5) is 44.6. The van der Waals surface area contributed by atoms with Crippen LogP contribution in [0.1, 0.15) is 17.0 Å². The lowest BCUT2D eigenvalue weighted by Gasteiger charge is -2.40. The molecule has 0 amide bonds. The van der Waals surface area contributed by atoms with Crippen LogP contribution in [-0.2, 0) is 19.1 Å². The van der Waals surface area contributed by atoms with E-state index in [1.54, 1.807) is 0 Å². The van der Waals surface area contributed by atoms with Crippen molar-refractivity contribution in [2.24, 2.45) is 0 Å². The van der Waals surface area contributed by atoms with Gasteiger partial charge in [0.05, 0.1) is 17.5 Å². The van der Waals surface area contributed by atoms with E-state index in [0.717, 1.165) is 24.3 Å². The molecular formula is C27H23O16+. The van der Waals surface area contributed by atoms with Crippen LogP contribution in [-0.4, -0.2) is 95.8 Å². The first-order valence-corrected chi connectivity index (χ1v) is 12.4. The molecule has 0 saturated carbocycles. The first kappa shape index (κ1) is 29.3. The molecule has 1 aliphatic heterocycles. The standard InChI is InChI=1S/C27H22O16/c28-10-4-14-20-11(6-16(40-14)26(37)38)25(24(41-15(20)5-10)9-1-2-12(29)13(30)3-9)43-27-23(36)22(35)21(34)17(42-27)8-39-19(33)7-18(31)32/h1-6,17,21-23,27,29-30,34-36H,7-8H2,(H,31,32)(H,37,38)/p+1/t17-,21-,22+,23-,27+/m1/s1. The third-order valence-electron chi connectivity index (χ3n) is 6.53. The summed E-state index contributed by atoms with van der Waals surface area (Å²) in [5.74, 6) is -6.40. The average molecular weight is 603 g/mol. The number of aliphatic hydroxyl groups excluding tert-OH is 3. The Labute approximate surface area is 238 Å². The van der Waals surface area contributed by atoms with Gasteiger partial charge in [0.25, 0.3) is 0 Å². The van der Waals surface area contributed by atoms with Crippen molar-refractivity contribution in [1.82, 2.24) is 0 Å². The fourth-order valence-corrected chi connectivity index (χ4v) is 4.51. The summed E-state index contributed by atoms with van der Waals surface area (Å²) in [6.07, 6.45) is -10.1. The molecule has 8 N–H and O–H groups in total. The predicted molar refractivity (Wildman–Crippen MR) is 137 cm³/mol. The molecule has 1 fully saturated rings. The number of carboxylic acids is 2. The third-order valence-corrected chi connectivity index (χ3v) is 6.53. The lowest BCUT2D eigenvalue weighted by atomic mass is 9.99. The van der Waals surface area contributed by atoms with Crippen molar-refractivity contribution in [2.45, 2.75) is 37.1 Å². The van der Waals surface area contributed by atoms with Crippen LogP contribution in [0.2, 0.25) is 0 Å². The summed E-state index contributed by atoms with van der Waals surface area (Å²) >= 11 is 0. The van der Waals surface area contributed by atoms with Crippen LogP contribution < -0.4 is 10.2 Å². The highest BCUT2D eigenvalue weighted by atomic mass is 16.7. The summed E-state index contributed by atoms with van der Waals surface area (Å²) in [6, 6.07) is 6.84. The van der Waals surface area contributed by atoms with E-state index in [-0.39, 0.29) is 44.4 Å². The van der Waals surface area contributed by atoms with Crippen molar-refractivity contribution in [3.63, 3.8) is 0 Å². The van der Waals surface area contributed by atoms with Gasteiger partial charge in [0.15, 0.2) is 23.0 Å². The van der Waals surface area contributed by atoms with Crippen molar-refractivity contribution in [1.29, 1.82) is 0 Å². The topological polar surface area (TPSA) is 268 Å². The molecular weight excluding hydrogens is 580 g/mol. The van der Waals surface area contributed by atoms with Gasteiger partial charge in [0.1, 0.15) is 48.6 Å². The molecule has 2 aromatic heterocycles. The van der Waals surface area contributed by atoms with Gasteiger partial charge in [-0.2, -0.15) is 0 Å². The molecule has 5 atom stereocenters. The van der Waals surface area contributed by atoms with Gasteiger partial charge >= 0.3 is 23.3 Å². The lowest BCUT2D eigenvalue weighted by Crippen LogP contribution is -2.60. The number of phenols is 2. The molecule has 0 radical (unpaired) electrons. The maximum atomic E-state index is 11.9. The van der Waals surface area contributed by atoms with Crippen LogP contribution in [0, 0.1) is 0 Å². The van der Waals surface area contributed by atoms with Gasteiger partial charge in [-0.3, -0.25) is 14.4 Å². The summed E-state index contributed by atoms with van der Waals surface area (Å²) in [6.45, 7) is -0.745. The summed E-state index contributed by atoms with van der Waals surface area (Å²) in [5, 5.41) is 70.1. The van der Waals surface area contributed by atoms with Gasteiger partial charge in [0, 0.05) is 17.0 Å². The molecule has 43 heavy (non-hydrogen) atoms. The van der Waals surface area contributed by atoms with Crippen LogP contribution >= 0.6 is 0 Å². The first-order chi connectivity index (χ1) is 20.3. The van der Waals surface area contributed by atoms with Gasteiger partial charge in [-0.05, 0) is 18.2 Å². The highest BCUT2D eigenvalue weighted by molar-refractivity contribution is 6.11. The maximum absolute atomic E-state index is 11.9. The molecule has 16 heteroatoms. The highest BCUT2D eigenvalue weighted by Crippen LogP contribution is 2.44. The number of carbonyl (C=O) groups excluding carboxylic acids is 1. The van der Waals surface area contributed by atoms with Crippen molar-refractivity contribution in [3.8, 4) is 28.6 Å². The number of ether oxygens (including phenoxy) is 3. The predicted octanol–water partition coefficient (Wildman–Crippen LogP) is 0.164. The molecule has 4 aromatic rings. The van der Waals surface area contributed by atoms with Crippen molar-refractivity contribution in [2.75, 3.05) is 6.61 Å².